The minimum Gasteiger partial charge on any atom is -0.296 e. The Kier molecular flexibility index (Phi) is 4.20. The molecule has 4 aromatic rings. The number of imidazole rings is 1. The lowest BCUT2D eigenvalue weighted by atomic mass is 10.2. The topological polar surface area (TPSA) is 85.6 Å². The monoisotopic (exact) mass is 366 g/mol. The number of rotatable bonds is 4. The first-order valence-corrected chi connectivity index (χ1v) is 8.42. The number of aromatic nitrogens is 5. The highest BCUT2D eigenvalue weighted by molar-refractivity contribution is 7.14. The van der Waals surface area contributed by atoms with E-state index in [0.29, 0.717) is 22.2 Å². The van der Waals surface area contributed by atoms with Gasteiger partial charge in [0.2, 0.25) is 0 Å². The van der Waals surface area contributed by atoms with E-state index in [-0.39, 0.29) is 11.5 Å². The molecule has 0 saturated carbocycles. The van der Waals surface area contributed by atoms with Crippen LogP contribution >= 0.6 is 11.3 Å². The third-order valence-electron chi connectivity index (χ3n) is 3.50. The summed E-state index contributed by atoms with van der Waals surface area (Å²) >= 11 is 1.25. The predicted molar refractivity (Wildman–Crippen MR) is 94.6 cm³/mol. The quantitative estimate of drug-likeness (QED) is 0.600. The van der Waals surface area contributed by atoms with Crippen molar-refractivity contribution in [1.82, 2.24) is 24.7 Å². The van der Waals surface area contributed by atoms with Gasteiger partial charge in [0.15, 0.2) is 16.6 Å². The molecule has 3 aromatic heterocycles. The SMILES string of the molecule is O=C(Nc1nc(-c2cccc(F)c2)cs1)c1ccc(-n2ccnc2)nn1. The van der Waals surface area contributed by atoms with Crippen LogP contribution in [0.15, 0.2) is 60.5 Å². The van der Waals surface area contributed by atoms with Crippen molar-refractivity contribution in [3.8, 4) is 17.1 Å². The first-order valence-electron chi connectivity index (χ1n) is 7.54. The van der Waals surface area contributed by atoms with Crippen LogP contribution in [0.5, 0.6) is 0 Å². The van der Waals surface area contributed by atoms with Crippen LogP contribution in [0, 0.1) is 5.82 Å². The maximum atomic E-state index is 13.3. The molecule has 1 amide bonds. The maximum Gasteiger partial charge on any atom is 0.277 e. The zero-order valence-corrected chi connectivity index (χ0v) is 14.0. The van der Waals surface area contributed by atoms with Gasteiger partial charge in [0.1, 0.15) is 12.1 Å². The molecule has 0 atom stereocenters. The van der Waals surface area contributed by atoms with Crippen LogP contribution in [0.1, 0.15) is 10.5 Å². The molecule has 26 heavy (non-hydrogen) atoms. The van der Waals surface area contributed by atoms with Gasteiger partial charge >= 0.3 is 0 Å². The summed E-state index contributed by atoms with van der Waals surface area (Å²) in [6, 6.07) is 9.36. The Morgan fingerprint density at radius 3 is 2.85 bits per heavy atom. The molecular formula is C17H11FN6OS. The molecule has 0 aliphatic rings. The van der Waals surface area contributed by atoms with Crippen LogP contribution in [0.2, 0.25) is 0 Å². The van der Waals surface area contributed by atoms with E-state index in [4.69, 9.17) is 0 Å². The number of amides is 1. The molecule has 128 valence electrons. The lowest BCUT2D eigenvalue weighted by Crippen LogP contribution is -2.14. The Balaban J connectivity index is 1.48. The van der Waals surface area contributed by atoms with E-state index in [1.54, 1.807) is 52.9 Å². The molecule has 7 nitrogen and oxygen atoms in total. The molecule has 0 aliphatic carbocycles. The molecule has 4 rings (SSSR count). The molecule has 0 bridgehead atoms. The lowest BCUT2D eigenvalue weighted by Gasteiger charge is -2.02. The molecule has 0 spiro atoms. The van der Waals surface area contributed by atoms with Crippen molar-refractivity contribution in [1.29, 1.82) is 0 Å². The summed E-state index contributed by atoms with van der Waals surface area (Å²) in [7, 11) is 0. The summed E-state index contributed by atoms with van der Waals surface area (Å²) in [5, 5.41) is 12.7. The van der Waals surface area contributed by atoms with Gasteiger partial charge in [-0.05, 0) is 24.3 Å². The van der Waals surface area contributed by atoms with Gasteiger partial charge in [-0.2, -0.15) is 0 Å². The van der Waals surface area contributed by atoms with E-state index in [1.807, 2.05) is 0 Å². The summed E-state index contributed by atoms with van der Waals surface area (Å²) in [4.78, 5) is 20.5. The smallest absolute Gasteiger partial charge is 0.277 e. The highest BCUT2D eigenvalue weighted by Gasteiger charge is 2.12. The molecule has 1 N–H and O–H groups in total. The number of carbonyl (C=O) groups excluding carboxylic acids is 1. The predicted octanol–water partition coefficient (Wildman–Crippen LogP) is 3.18. The normalized spacial score (nSPS) is 10.7. The zero-order valence-electron chi connectivity index (χ0n) is 13.2. The summed E-state index contributed by atoms with van der Waals surface area (Å²) in [5.74, 6) is -0.203. The Bertz CT molecular complexity index is 1050. The zero-order chi connectivity index (χ0) is 17.9. The van der Waals surface area contributed by atoms with Crippen LogP contribution in [0.25, 0.3) is 17.1 Å². The first kappa shape index (κ1) is 16.0. The van der Waals surface area contributed by atoms with Gasteiger partial charge in [-0.25, -0.2) is 14.4 Å². The Hall–Kier alpha value is -3.46. The third kappa shape index (κ3) is 3.33. The Morgan fingerprint density at radius 2 is 2.12 bits per heavy atom. The standard InChI is InChI=1S/C17H11FN6OS/c18-12-3-1-2-11(8-12)14-9-26-17(20-14)21-16(25)13-4-5-15(23-22-13)24-7-6-19-10-24/h1-10H,(H,20,21,25). The van der Waals surface area contributed by atoms with Gasteiger partial charge in [-0.3, -0.25) is 14.7 Å². The van der Waals surface area contributed by atoms with E-state index in [0.717, 1.165) is 0 Å². The van der Waals surface area contributed by atoms with Crippen molar-refractivity contribution >= 4 is 22.4 Å². The van der Waals surface area contributed by atoms with Gasteiger partial charge in [0, 0.05) is 23.3 Å². The van der Waals surface area contributed by atoms with Gasteiger partial charge in [-0.1, -0.05) is 12.1 Å². The largest absolute Gasteiger partial charge is 0.296 e. The number of benzene rings is 1. The fourth-order valence-corrected chi connectivity index (χ4v) is 2.97. The van der Waals surface area contributed by atoms with E-state index in [9.17, 15) is 9.18 Å². The first-order chi connectivity index (χ1) is 12.7. The van der Waals surface area contributed by atoms with Crippen molar-refractivity contribution in [3.05, 3.63) is 72.0 Å². The molecule has 0 unspecified atom stereocenters. The molecule has 0 saturated heterocycles. The molecule has 0 aliphatic heterocycles. The summed E-state index contributed by atoms with van der Waals surface area (Å²) in [6.07, 6.45) is 4.95. The van der Waals surface area contributed by atoms with Crippen LogP contribution in [-0.4, -0.2) is 30.6 Å². The number of halogens is 1. The van der Waals surface area contributed by atoms with Crippen molar-refractivity contribution in [2.75, 3.05) is 5.32 Å². The van der Waals surface area contributed by atoms with Crippen molar-refractivity contribution < 1.29 is 9.18 Å². The summed E-state index contributed by atoms with van der Waals surface area (Å²) in [5.41, 5.74) is 1.40. The van der Waals surface area contributed by atoms with Crippen LogP contribution in [0.3, 0.4) is 0 Å². The van der Waals surface area contributed by atoms with Crippen molar-refractivity contribution in [3.63, 3.8) is 0 Å². The van der Waals surface area contributed by atoms with Crippen LogP contribution < -0.4 is 5.32 Å². The van der Waals surface area contributed by atoms with Gasteiger partial charge in [0.25, 0.3) is 5.91 Å². The lowest BCUT2D eigenvalue weighted by molar-refractivity contribution is 0.102. The minimum atomic E-state index is -0.421. The van der Waals surface area contributed by atoms with Crippen LogP contribution in [-0.2, 0) is 0 Å². The van der Waals surface area contributed by atoms with Gasteiger partial charge < -0.3 is 0 Å². The number of carbonyl (C=O) groups is 1. The van der Waals surface area contributed by atoms with Crippen molar-refractivity contribution in [2.24, 2.45) is 0 Å². The number of hydrogen-bond donors (Lipinski definition) is 1. The summed E-state index contributed by atoms with van der Waals surface area (Å²) in [6.45, 7) is 0. The molecule has 3 heterocycles. The van der Waals surface area contributed by atoms with E-state index in [2.05, 4.69) is 25.5 Å². The molecule has 1 aromatic carbocycles. The highest BCUT2D eigenvalue weighted by atomic mass is 32.1. The number of hydrogen-bond acceptors (Lipinski definition) is 6. The number of anilines is 1. The second-order valence-corrected chi connectivity index (χ2v) is 6.11. The highest BCUT2D eigenvalue weighted by Crippen LogP contribution is 2.25. The van der Waals surface area contributed by atoms with E-state index >= 15 is 0 Å². The molecule has 0 fully saturated rings. The second kappa shape index (κ2) is 6.81. The maximum absolute atomic E-state index is 13.3. The average Bonchev–Trinajstić information content (AvgIpc) is 3.34. The van der Waals surface area contributed by atoms with E-state index in [1.165, 1.54) is 23.5 Å². The average molecular weight is 366 g/mol. The second-order valence-electron chi connectivity index (χ2n) is 5.25. The van der Waals surface area contributed by atoms with Crippen molar-refractivity contribution in [2.45, 2.75) is 0 Å². The van der Waals surface area contributed by atoms with Gasteiger partial charge in [-0.15, -0.1) is 21.5 Å². The number of thiazole rings is 1. The van der Waals surface area contributed by atoms with Gasteiger partial charge in [0.05, 0.1) is 5.69 Å². The minimum absolute atomic E-state index is 0.163. The number of nitrogens with zero attached hydrogens (tertiary/aromatic N) is 5. The van der Waals surface area contributed by atoms with E-state index < -0.39 is 5.91 Å². The summed E-state index contributed by atoms with van der Waals surface area (Å²) < 4.78 is 15.0. The number of nitrogens with one attached hydrogen (secondary N) is 1. The Morgan fingerprint density at radius 1 is 1.19 bits per heavy atom. The molecule has 0 radical (unpaired) electrons. The molecule has 9 heteroatoms. The molecular weight excluding hydrogens is 355 g/mol. The van der Waals surface area contributed by atoms with Crippen LogP contribution in [0.4, 0.5) is 9.52 Å². The fraction of sp³-hybridized carbons (Fsp3) is 0. The third-order valence-corrected chi connectivity index (χ3v) is 4.25. The Labute approximate surface area is 151 Å². The fourth-order valence-electron chi connectivity index (χ4n) is 2.25.